The van der Waals surface area contributed by atoms with Crippen molar-refractivity contribution in [1.29, 1.82) is 0 Å². The van der Waals surface area contributed by atoms with Crippen molar-refractivity contribution in [2.75, 3.05) is 30.6 Å². The lowest BCUT2D eigenvalue weighted by molar-refractivity contribution is -0.142. The van der Waals surface area contributed by atoms with Gasteiger partial charge in [0, 0.05) is 11.9 Å². The number of aliphatic carboxylic acids is 1. The van der Waals surface area contributed by atoms with E-state index in [4.69, 9.17) is 9.84 Å². The number of benzene rings is 2. The smallest absolute Gasteiger partial charge is 0.329 e. The Bertz CT molecular complexity index is 936. The van der Waals surface area contributed by atoms with E-state index < -0.39 is 28.5 Å². The normalized spacial score (nSPS) is 14.6. The first-order chi connectivity index (χ1) is 11.9. The van der Waals surface area contributed by atoms with E-state index in [1.807, 2.05) is 12.1 Å². The fraction of sp³-hybridized carbons (Fsp3) is 0.250. The molecule has 1 heterocycles. The third-order valence-corrected chi connectivity index (χ3v) is 5.56. The van der Waals surface area contributed by atoms with E-state index in [0.717, 1.165) is 9.69 Å². The molecule has 0 saturated carbocycles. The number of hydrogen-bond acceptors (Lipinski definition) is 5. The number of ether oxygens (including phenoxy) is 1. The van der Waals surface area contributed by atoms with Crippen LogP contribution in [0.4, 0.5) is 5.69 Å². The van der Waals surface area contributed by atoms with Crippen molar-refractivity contribution < 1.29 is 27.9 Å². The molecular weight excluding hydrogens is 348 g/mol. The van der Waals surface area contributed by atoms with Crippen LogP contribution in [0.25, 0.3) is 10.8 Å². The second kappa shape index (κ2) is 6.69. The van der Waals surface area contributed by atoms with Crippen LogP contribution in [0.2, 0.25) is 0 Å². The Morgan fingerprint density at radius 2 is 1.88 bits per heavy atom. The van der Waals surface area contributed by atoms with Gasteiger partial charge in [0.2, 0.25) is 5.91 Å². The van der Waals surface area contributed by atoms with Crippen LogP contribution < -0.4 is 9.62 Å². The molecule has 1 amide bonds. The molecule has 2 N–H and O–H groups in total. The zero-order chi connectivity index (χ0) is 18.0. The van der Waals surface area contributed by atoms with Crippen molar-refractivity contribution in [2.45, 2.75) is 4.90 Å². The number of hydrogen-bond donors (Lipinski definition) is 2. The number of carboxylic acid groups (broad SMARTS) is 1. The van der Waals surface area contributed by atoms with Gasteiger partial charge in [-0.25, -0.2) is 13.2 Å². The summed E-state index contributed by atoms with van der Waals surface area (Å²) in [7, 11) is -3.78. The van der Waals surface area contributed by atoms with Crippen molar-refractivity contribution >= 4 is 38.4 Å². The number of carboxylic acids is 1. The predicted octanol–water partition coefficient (Wildman–Crippen LogP) is 0.566. The highest BCUT2D eigenvalue weighted by molar-refractivity contribution is 7.93. The standard InChI is InChI=1S/C16H16N2O6S/c19-14(17-7-8-24-10-15(20)21)9-18-12-5-1-3-11-4-2-6-13(16(11)12)25(18,22)23/h1-6H,7-10H2,(H,17,19)(H,20,21). The summed E-state index contributed by atoms with van der Waals surface area (Å²) >= 11 is 0. The van der Waals surface area contributed by atoms with Gasteiger partial charge in [-0.15, -0.1) is 0 Å². The van der Waals surface area contributed by atoms with Gasteiger partial charge in [0.1, 0.15) is 13.2 Å². The van der Waals surface area contributed by atoms with Gasteiger partial charge in [-0.05, 0) is 17.5 Å². The van der Waals surface area contributed by atoms with Gasteiger partial charge in [0.05, 0.1) is 17.2 Å². The SMILES string of the molecule is O=C(O)COCCNC(=O)CN1c2cccc3cccc(c23)S1(=O)=O. The summed E-state index contributed by atoms with van der Waals surface area (Å²) in [6.45, 7) is -0.680. The summed E-state index contributed by atoms with van der Waals surface area (Å²) in [5.74, 6) is -1.59. The first kappa shape index (κ1) is 17.2. The number of sulfonamides is 1. The molecule has 9 heteroatoms. The highest BCUT2D eigenvalue weighted by Crippen LogP contribution is 2.41. The molecule has 1 aliphatic rings. The maximum atomic E-state index is 12.7. The van der Waals surface area contributed by atoms with Gasteiger partial charge in [-0.3, -0.25) is 9.10 Å². The molecule has 8 nitrogen and oxygen atoms in total. The van der Waals surface area contributed by atoms with Gasteiger partial charge >= 0.3 is 5.97 Å². The number of carbonyl (C=O) groups is 2. The molecule has 0 fully saturated rings. The van der Waals surface area contributed by atoms with Crippen LogP contribution in [0.3, 0.4) is 0 Å². The number of amides is 1. The molecule has 2 aromatic carbocycles. The van der Waals surface area contributed by atoms with Gasteiger partial charge < -0.3 is 15.2 Å². The molecule has 0 radical (unpaired) electrons. The quantitative estimate of drug-likeness (QED) is 0.695. The summed E-state index contributed by atoms with van der Waals surface area (Å²) in [5, 5.41) is 12.4. The number of nitrogens with zero attached hydrogens (tertiary/aromatic N) is 1. The van der Waals surface area contributed by atoms with E-state index in [1.165, 1.54) is 6.07 Å². The van der Waals surface area contributed by atoms with E-state index in [2.05, 4.69) is 5.32 Å². The van der Waals surface area contributed by atoms with E-state index in [-0.39, 0.29) is 24.6 Å². The summed E-state index contributed by atoms with van der Waals surface area (Å²) in [6, 6.07) is 10.2. The Kier molecular flexibility index (Phi) is 4.60. The molecule has 0 bridgehead atoms. The maximum Gasteiger partial charge on any atom is 0.329 e. The van der Waals surface area contributed by atoms with Crippen molar-refractivity contribution in [3.8, 4) is 0 Å². The molecule has 3 rings (SSSR count). The Morgan fingerprint density at radius 1 is 1.16 bits per heavy atom. The first-order valence-electron chi connectivity index (χ1n) is 7.52. The second-order valence-electron chi connectivity index (χ2n) is 5.44. The highest BCUT2D eigenvalue weighted by atomic mass is 32.2. The van der Waals surface area contributed by atoms with Crippen LogP contribution in [-0.4, -0.2) is 51.7 Å². The molecular formula is C16H16N2O6S. The van der Waals surface area contributed by atoms with E-state index in [1.54, 1.807) is 18.2 Å². The average molecular weight is 364 g/mol. The minimum Gasteiger partial charge on any atom is -0.480 e. The minimum atomic E-state index is -3.78. The molecule has 0 aliphatic carbocycles. The number of nitrogens with one attached hydrogen (secondary N) is 1. The maximum absolute atomic E-state index is 12.7. The predicted molar refractivity (Wildman–Crippen MR) is 89.9 cm³/mol. The van der Waals surface area contributed by atoms with Crippen LogP contribution >= 0.6 is 0 Å². The van der Waals surface area contributed by atoms with Gasteiger partial charge in [-0.2, -0.15) is 0 Å². The highest BCUT2D eigenvalue weighted by Gasteiger charge is 2.36. The number of carbonyl (C=O) groups excluding carboxylic acids is 1. The van der Waals surface area contributed by atoms with Crippen LogP contribution in [0.5, 0.6) is 0 Å². The summed E-state index contributed by atoms with van der Waals surface area (Å²) in [4.78, 5) is 22.6. The summed E-state index contributed by atoms with van der Waals surface area (Å²) in [6.07, 6.45) is 0. The van der Waals surface area contributed by atoms with E-state index in [0.29, 0.717) is 11.1 Å². The molecule has 0 saturated heterocycles. The number of anilines is 1. The Balaban J connectivity index is 1.71. The monoisotopic (exact) mass is 364 g/mol. The van der Waals surface area contributed by atoms with Crippen molar-refractivity contribution in [1.82, 2.24) is 5.32 Å². The largest absolute Gasteiger partial charge is 0.480 e. The van der Waals surface area contributed by atoms with Crippen LogP contribution in [-0.2, 0) is 24.3 Å². The van der Waals surface area contributed by atoms with E-state index >= 15 is 0 Å². The molecule has 132 valence electrons. The molecule has 0 aromatic heterocycles. The summed E-state index contributed by atoms with van der Waals surface area (Å²) < 4.78 is 31.3. The van der Waals surface area contributed by atoms with Crippen molar-refractivity contribution in [3.63, 3.8) is 0 Å². The second-order valence-corrected chi connectivity index (χ2v) is 7.27. The zero-order valence-electron chi connectivity index (χ0n) is 13.1. The van der Waals surface area contributed by atoms with Gasteiger partial charge in [0.25, 0.3) is 10.0 Å². The average Bonchev–Trinajstić information content (AvgIpc) is 2.78. The molecule has 0 spiro atoms. The van der Waals surface area contributed by atoms with Crippen molar-refractivity contribution in [3.05, 3.63) is 36.4 Å². The molecule has 0 unspecified atom stereocenters. The topological polar surface area (TPSA) is 113 Å². The fourth-order valence-electron chi connectivity index (χ4n) is 2.74. The van der Waals surface area contributed by atoms with Crippen LogP contribution in [0.1, 0.15) is 0 Å². The van der Waals surface area contributed by atoms with Gasteiger partial charge in [-0.1, -0.05) is 24.3 Å². The van der Waals surface area contributed by atoms with Crippen LogP contribution in [0.15, 0.2) is 41.3 Å². The lowest BCUT2D eigenvalue weighted by Gasteiger charge is -2.18. The first-order valence-corrected chi connectivity index (χ1v) is 8.96. The Morgan fingerprint density at radius 3 is 2.60 bits per heavy atom. The molecule has 0 atom stereocenters. The molecule has 2 aromatic rings. The third kappa shape index (κ3) is 3.28. The fourth-order valence-corrected chi connectivity index (χ4v) is 4.40. The number of rotatable bonds is 7. The lowest BCUT2D eigenvalue weighted by Crippen LogP contribution is -2.40. The Labute approximate surface area is 144 Å². The Hall–Kier alpha value is -2.65. The van der Waals surface area contributed by atoms with Crippen LogP contribution in [0, 0.1) is 0 Å². The molecule has 25 heavy (non-hydrogen) atoms. The van der Waals surface area contributed by atoms with Crippen molar-refractivity contribution in [2.24, 2.45) is 0 Å². The van der Waals surface area contributed by atoms with Gasteiger partial charge in [0.15, 0.2) is 0 Å². The van der Waals surface area contributed by atoms with E-state index in [9.17, 15) is 18.0 Å². The third-order valence-electron chi connectivity index (χ3n) is 3.76. The summed E-state index contributed by atoms with van der Waals surface area (Å²) in [5.41, 5.74) is 0.477. The zero-order valence-corrected chi connectivity index (χ0v) is 14.0. The minimum absolute atomic E-state index is 0.0284. The lowest BCUT2D eigenvalue weighted by atomic mass is 10.1. The molecule has 1 aliphatic heterocycles.